The summed E-state index contributed by atoms with van der Waals surface area (Å²) in [5, 5.41) is 3.56. The van der Waals surface area contributed by atoms with Crippen molar-refractivity contribution in [2.75, 3.05) is 4.31 Å². The molecule has 0 amide bonds. The zero-order valence-corrected chi connectivity index (χ0v) is 21.7. The standard InChI is InChI=1S/C28H22Cl3NO2S/c29-24-8-1-5-21(15-24)13-14-35(33)32(19-22-6-2-9-25(30)16-22)27-11-4-12-28(18-27)34-20-23-7-3-10-26(31)17-23/h1-18H,19-20H2/b14-13+. The molecular formula is C28H22Cl3NO2S. The van der Waals surface area contributed by atoms with E-state index in [4.69, 9.17) is 39.5 Å². The molecule has 0 N–H and O–H groups in total. The van der Waals surface area contributed by atoms with Gasteiger partial charge in [-0.25, -0.2) is 4.21 Å². The Labute approximate surface area is 223 Å². The van der Waals surface area contributed by atoms with Crippen molar-refractivity contribution in [3.8, 4) is 5.75 Å². The van der Waals surface area contributed by atoms with Crippen LogP contribution < -0.4 is 9.04 Å². The highest BCUT2D eigenvalue weighted by Gasteiger charge is 2.14. The van der Waals surface area contributed by atoms with Crippen LogP contribution in [0.5, 0.6) is 5.75 Å². The SMILES string of the molecule is O=S(/C=C/c1cccc(Cl)c1)N(Cc1cccc(Cl)c1)c1cccc(OCc2cccc(Cl)c2)c1. The van der Waals surface area contributed by atoms with Crippen LogP contribution in [0.3, 0.4) is 0 Å². The summed E-state index contributed by atoms with van der Waals surface area (Å²) in [6.07, 6.45) is 1.80. The fourth-order valence-electron chi connectivity index (χ4n) is 3.40. The van der Waals surface area contributed by atoms with Crippen LogP contribution in [0, 0.1) is 0 Å². The maximum absolute atomic E-state index is 13.4. The van der Waals surface area contributed by atoms with Crippen molar-refractivity contribution in [2.45, 2.75) is 13.2 Å². The molecule has 7 heteroatoms. The molecule has 0 aliphatic carbocycles. The molecule has 0 aliphatic heterocycles. The molecule has 4 rings (SSSR count). The molecule has 3 nitrogen and oxygen atoms in total. The van der Waals surface area contributed by atoms with E-state index in [-0.39, 0.29) is 0 Å². The van der Waals surface area contributed by atoms with Gasteiger partial charge in [0, 0.05) is 26.5 Å². The van der Waals surface area contributed by atoms with Gasteiger partial charge in [0.25, 0.3) is 0 Å². The molecule has 0 saturated carbocycles. The molecule has 178 valence electrons. The quantitative estimate of drug-likeness (QED) is 0.212. The Hall–Kier alpha value is -2.76. The molecule has 0 radical (unpaired) electrons. The largest absolute Gasteiger partial charge is 0.489 e. The maximum Gasteiger partial charge on any atom is 0.145 e. The van der Waals surface area contributed by atoms with Gasteiger partial charge in [-0.2, -0.15) is 0 Å². The molecule has 0 aromatic heterocycles. The van der Waals surface area contributed by atoms with Crippen LogP contribution in [-0.2, 0) is 24.1 Å². The summed E-state index contributed by atoms with van der Waals surface area (Å²) in [5.41, 5.74) is 3.52. The van der Waals surface area contributed by atoms with Gasteiger partial charge in [0.05, 0.1) is 12.2 Å². The predicted molar refractivity (Wildman–Crippen MR) is 148 cm³/mol. The van der Waals surface area contributed by atoms with Gasteiger partial charge < -0.3 is 4.74 Å². The number of ether oxygens (including phenoxy) is 1. The summed E-state index contributed by atoms with van der Waals surface area (Å²) in [6.45, 7) is 0.765. The number of hydrogen-bond acceptors (Lipinski definition) is 2. The Morgan fingerprint density at radius 2 is 1.37 bits per heavy atom. The van der Waals surface area contributed by atoms with Crippen molar-refractivity contribution >= 4 is 57.6 Å². The lowest BCUT2D eigenvalue weighted by Gasteiger charge is -2.23. The second-order valence-corrected chi connectivity index (χ2v) is 10.3. The first kappa shape index (κ1) is 25.3. The Balaban J connectivity index is 1.58. The molecule has 4 aromatic carbocycles. The van der Waals surface area contributed by atoms with E-state index < -0.39 is 11.0 Å². The molecule has 0 fully saturated rings. The topological polar surface area (TPSA) is 29.5 Å². The van der Waals surface area contributed by atoms with Crippen LogP contribution in [0.15, 0.2) is 102 Å². The van der Waals surface area contributed by atoms with Crippen molar-refractivity contribution < 1.29 is 8.95 Å². The Bertz CT molecular complexity index is 1360. The van der Waals surface area contributed by atoms with E-state index in [0.717, 1.165) is 22.4 Å². The van der Waals surface area contributed by atoms with E-state index >= 15 is 0 Å². The minimum Gasteiger partial charge on any atom is -0.489 e. The smallest absolute Gasteiger partial charge is 0.145 e. The van der Waals surface area contributed by atoms with Crippen molar-refractivity contribution in [2.24, 2.45) is 0 Å². The van der Waals surface area contributed by atoms with E-state index in [0.29, 0.717) is 34.0 Å². The number of rotatable bonds is 9. The maximum atomic E-state index is 13.4. The number of halogens is 3. The molecule has 1 unspecified atom stereocenters. The molecule has 0 heterocycles. The third-order valence-corrected chi connectivity index (χ3v) is 6.91. The summed E-state index contributed by atoms with van der Waals surface area (Å²) >= 11 is 18.4. The molecule has 0 saturated heterocycles. The van der Waals surface area contributed by atoms with E-state index in [2.05, 4.69) is 0 Å². The van der Waals surface area contributed by atoms with Crippen LogP contribution in [0.1, 0.15) is 16.7 Å². The molecule has 1 atom stereocenters. The Kier molecular flexibility index (Phi) is 8.89. The van der Waals surface area contributed by atoms with Crippen LogP contribution in [-0.4, -0.2) is 4.21 Å². The van der Waals surface area contributed by atoms with E-state index in [9.17, 15) is 4.21 Å². The van der Waals surface area contributed by atoms with Crippen molar-refractivity contribution in [3.63, 3.8) is 0 Å². The lowest BCUT2D eigenvalue weighted by molar-refractivity contribution is 0.306. The summed E-state index contributed by atoms with van der Waals surface area (Å²) in [4.78, 5) is 0. The zero-order chi connectivity index (χ0) is 24.6. The third-order valence-electron chi connectivity index (χ3n) is 5.06. The van der Waals surface area contributed by atoms with Crippen LogP contribution in [0.25, 0.3) is 6.08 Å². The van der Waals surface area contributed by atoms with Gasteiger partial charge in [0.2, 0.25) is 0 Å². The molecule has 35 heavy (non-hydrogen) atoms. The minimum atomic E-state index is -1.48. The van der Waals surface area contributed by atoms with E-state index in [1.54, 1.807) is 21.9 Å². The summed E-state index contributed by atoms with van der Waals surface area (Å²) in [5.74, 6) is 0.661. The molecule has 0 aliphatic rings. The molecule has 0 spiro atoms. The van der Waals surface area contributed by atoms with Crippen LogP contribution in [0.4, 0.5) is 5.69 Å². The van der Waals surface area contributed by atoms with Crippen molar-refractivity contribution in [1.82, 2.24) is 0 Å². The zero-order valence-electron chi connectivity index (χ0n) is 18.6. The van der Waals surface area contributed by atoms with Crippen molar-refractivity contribution in [3.05, 3.63) is 134 Å². The van der Waals surface area contributed by atoms with Gasteiger partial charge in [-0.1, -0.05) is 77.3 Å². The second kappa shape index (κ2) is 12.3. The van der Waals surface area contributed by atoms with Gasteiger partial charge in [-0.05, 0) is 71.3 Å². The Morgan fingerprint density at radius 3 is 2.09 bits per heavy atom. The Morgan fingerprint density at radius 1 is 0.743 bits per heavy atom. The lowest BCUT2D eigenvalue weighted by Crippen LogP contribution is -2.23. The highest BCUT2D eigenvalue weighted by molar-refractivity contribution is 7.89. The van der Waals surface area contributed by atoms with E-state index in [1.165, 1.54) is 0 Å². The van der Waals surface area contributed by atoms with E-state index in [1.807, 2.05) is 91.0 Å². The monoisotopic (exact) mass is 541 g/mol. The number of anilines is 1. The highest BCUT2D eigenvalue weighted by atomic mass is 35.5. The fraction of sp³-hybridized carbons (Fsp3) is 0.0714. The summed E-state index contributed by atoms with van der Waals surface area (Å²) in [7, 11) is -1.48. The molecular weight excluding hydrogens is 521 g/mol. The van der Waals surface area contributed by atoms with Gasteiger partial charge in [0.15, 0.2) is 0 Å². The number of nitrogens with zero attached hydrogens (tertiary/aromatic N) is 1. The van der Waals surface area contributed by atoms with Gasteiger partial charge in [-0.15, -0.1) is 0 Å². The number of hydrogen-bond donors (Lipinski definition) is 0. The summed E-state index contributed by atoms with van der Waals surface area (Å²) < 4.78 is 21.2. The average molecular weight is 543 g/mol. The van der Waals surface area contributed by atoms with Crippen LogP contribution in [0.2, 0.25) is 15.1 Å². The van der Waals surface area contributed by atoms with Crippen molar-refractivity contribution in [1.29, 1.82) is 0 Å². The van der Waals surface area contributed by atoms with Crippen LogP contribution >= 0.6 is 34.8 Å². The normalized spacial score (nSPS) is 12.0. The average Bonchev–Trinajstić information content (AvgIpc) is 2.85. The lowest BCUT2D eigenvalue weighted by atomic mass is 10.2. The minimum absolute atomic E-state index is 0.371. The molecule has 0 bridgehead atoms. The van der Waals surface area contributed by atoms with Gasteiger partial charge in [-0.3, -0.25) is 4.31 Å². The second-order valence-electron chi connectivity index (χ2n) is 7.72. The summed E-state index contributed by atoms with van der Waals surface area (Å²) in [6, 6.07) is 30.0. The highest BCUT2D eigenvalue weighted by Crippen LogP contribution is 2.27. The number of benzene rings is 4. The van der Waals surface area contributed by atoms with Gasteiger partial charge in [0.1, 0.15) is 23.3 Å². The molecule has 4 aromatic rings. The third kappa shape index (κ3) is 7.61. The first-order valence-electron chi connectivity index (χ1n) is 10.8. The fourth-order valence-corrected chi connectivity index (χ4v) is 5.04. The first-order chi connectivity index (χ1) is 17.0. The van der Waals surface area contributed by atoms with Gasteiger partial charge >= 0.3 is 0 Å². The first-order valence-corrected chi connectivity index (χ1v) is 13.1. The predicted octanol–water partition coefficient (Wildman–Crippen LogP) is 8.57.